The van der Waals surface area contributed by atoms with Gasteiger partial charge in [-0.15, -0.1) is 0 Å². The molecule has 1 aliphatic rings. The third kappa shape index (κ3) is 5.09. The van der Waals surface area contributed by atoms with Crippen molar-refractivity contribution in [3.05, 3.63) is 72.6 Å². The number of nitrogens with one attached hydrogen (secondary N) is 2. The summed E-state index contributed by atoms with van der Waals surface area (Å²) in [4.78, 5) is 33.7. The molecule has 0 aliphatic carbocycles. The standard InChI is InChI=1S/C22H21N5O4S/c28-20(15-16-4-8-18(9-5-16)27-14-1-3-21(27)29)25-17-6-10-19(11-7-17)32(30,31)26-22-23-12-2-13-24-22/h2,4-13H,1,3,14-15H2,(H,25,28)(H,23,24,26). The van der Waals surface area contributed by atoms with E-state index in [1.165, 1.54) is 36.7 Å². The smallest absolute Gasteiger partial charge is 0.264 e. The molecule has 32 heavy (non-hydrogen) atoms. The highest BCUT2D eigenvalue weighted by Gasteiger charge is 2.21. The van der Waals surface area contributed by atoms with Gasteiger partial charge in [0, 0.05) is 36.7 Å². The fourth-order valence-electron chi connectivity index (χ4n) is 3.35. The summed E-state index contributed by atoms with van der Waals surface area (Å²) < 4.78 is 27.1. The van der Waals surface area contributed by atoms with Crippen molar-refractivity contribution < 1.29 is 18.0 Å². The summed E-state index contributed by atoms with van der Waals surface area (Å²) in [6.45, 7) is 0.721. The molecule has 1 aromatic heterocycles. The van der Waals surface area contributed by atoms with Gasteiger partial charge in [-0.05, 0) is 54.4 Å². The maximum Gasteiger partial charge on any atom is 0.264 e. The summed E-state index contributed by atoms with van der Waals surface area (Å²) in [6, 6.07) is 14.7. The Kier molecular flexibility index (Phi) is 6.13. The Labute approximate surface area is 185 Å². The van der Waals surface area contributed by atoms with Gasteiger partial charge in [0.2, 0.25) is 17.8 Å². The molecule has 1 fully saturated rings. The van der Waals surface area contributed by atoms with Crippen LogP contribution in [0.2, 0.25) is 0 Å². The van der Waals surface area contributed by atoms with Crippen molar-refractivity contribution in [3.63, 3.8) is 0 Å². The highest BCUT2D eigenvalue weighted by atomic mass is 32.2. The predicted molar refractivity (Wildman–Crippen MR) is 120 cm³/mol. The minimum atomic E-state index is -3.84. The predicted octanol–water partition coefficient (Wildman–Crippen LogP) is 2.59. The van der Waals surface area contributed by atoms with Crippen LogP contribution >= 0.6 is 0 Å². The van der Waals surface area contributed by atoms with E-state index in [0.29, 0.717) is 12.1 Å². The molecule has 0 atom stereocenters. The minimum absolute atomic E-state index is 0.0231. The Hall–Kier alpha value is -3.79. The Bertz CT molecular complexity index is 1210. The van der Waals surface area contributed by atoms with E-state index >= 15 is 0 Å². The molecule has 10 heteroatoms. The lowest BCUT2D eigenvalue weighted by Crippen LogP contribution is -2.23. The second kappa shape index (κ2) is 9.15. The van der Waals surface area contributed by atoms with Crippen LogP contribution in [0.3, 0.4) is 0 Å². The van der Waals surface area contributed by atoms with E-state index in [0.717, 1.165) is 24.2 Å². The summed E-state index contributed by atoms with van der Waals surface area (Å²) in [5, 5.41) is 2.75. The van der Waals surface area contributed by atoms with E-state index in [9.17, 15) is 18.0 Å². The van der Waals surface area contributed by atoms with Gasteiger partial charge in [-0.1, -0.05) is 12.1 Å². The Morgan fingerprint density at radius 1 is 1.00 bits per heavy atom. The highest BCUT2D eigenvalue weighted by molar-refractivity contribution is 7.92. The molecule has 0 bridgehead atoms. The number of nitrogens with zero attached hydrogens (tertiary/aromatic N) is 3. The van der Waals surface area contributed by atoms with Gasteiger partial charge < -0.3 is 10.2 Å². The number of hydrogen-bond donors (Lipinski definition) is 2. The molecule has 2 heterocycles. The van der Waals surface area contributed by atoms with E-state index in [4.69, 9.17) is 0 Å². The average molecular weight is 452 g/mol. The minimum Gasteiger partial charge on any atom is -0.326 e. The number of benzene rings is 2. The summed E-state index contributed by atoms with van der Waals surface area (Å²) in [7, 11) is -3.84. The summed E-state index contributed by atoms with van der Waals surface area (Å²) in [6.07, 6.45) is 4.45. The molecule has 0 saturated carbocycles. The summed E-state index contributed by atoms with van der Waals surface area (Å²) in [5.41, 5.74) is 2.12. The normalized spacial score (nSPS) is 13.8. The second-order valence-corrected chi connectivity index (χ2v) is 8.93. The Morgan fingerprint density at radius 3 is 2.31 bits per heavy atom. The molecule has 2 amide bonds. The molecular formula is C22H21N5O4S. The Morgan fingerprint density at radius 2 is 1.69 bits per heavy atom. The van der Waals surface area contributed by atoms with E-state index < -0.39 is 10.0 Å². The first-order chi connectivity index (χ1) is 15.4. The number of anilines is 3. The van der Waals surface area contributed by atoms with Crippen LogP contribution in [0.1, 0.15) is 18.4 Å². The SMILES string of the molecule is O=C(Cc1ccc(N2CCCC2=O)cc1)Nc1ccc(S(=O)(=O)Nc2ncccn2)cc1. The van der Waals surface area contributed by atoms with Crippen LogP contribution in [-0.4, -0.2) is 36.7 Å². The lowest BCUT2D eigenvalue weighted by Gasteiger charge is -2.15. The van der Waals surface area contributed by atoms with Crippen molar-refractivity contribution in [1.29, 1.82) is 0 Å². The van der Waals surface area contributed by atoms with Gasteiger partial charge in [-0.25, -0.2) is 23.1 Å². The van der Waals surface area contributed by atoms with Gasteiger partial charge in [-0.2, -0.15) is 0 Å². The molecule has 9 nitrogen and oxygen atoms in total. The molecule has 0 radical (unpaired) electrons. The van der Waals surface area contributed by atoms with E-state index in [1.54, 1.807) is 11.0 Å². The van der Waals surface area contributed by atoms with Crippen molar-refractivity contribution >= 4 is 39.2 Å². The van der Waals surface area contributed by atoms with Gasteiger partial charge in [0.05, 0.1) is 11.3 Å². The van der Waals surface area contributed by atoms with Gasteiger partial charge in [0.1, 0.15) is 0 Å². The second-order valence-electron chi connectivity index (χ2n) is 7.24. The third-order valence-electron chi connectivity index (χ3n) is 4.93. The van der Waals surface area contributed by atoms with E-state index in [1.807, 2.05) is 24.3 Å². The van der Waals surface area contributed by atoms with Crippen molar-refractivity contribution in [2.75, 3.05) is 21.5 Å². The molecule has 1 saturated heterocycles. The first kappa shape index (κ1) is 21.4. The van der Waals surface area contributed by atoms with Gasteiger partial charge in [0.25, 0.3) is 10.0 Å². The van der Waals surface area contributed by atoms with Crippen LogP contribution in [0.4, 0.5) is 17.3 Å². The van der Waals surface area contributed by atoms with Gasteiger partial charge in [-0.3, -0.25) is 9.59 Å². The Balaban J connectivity index is 1.35. The number of aromatic nitrogens is 2. The third-order valence-corrected chi connectivity index (χ3v) is 6.27. The molecule has 3 aromatic rings. The molecule has 4 rings (SSSR count). The quantitative estimate of drug-likeness (QED) is 0.569. The monoisotopic (exact) mass is 451 g/mol. The largest absolute Gasteiger partial charge is 0.326 e. The topological polar surface area (TPSA) is 121 Å². The first-order valence-corrected chi connectivity index (χ1v) is 11.5. The number of rotatable bonds is 7. The van der Waals surface area contributed by atoms with Crippen molar-refractivity contribution in [2.24, 2.45) is 0 Å². The maximum absolute atomic E-state index is 12.4. The zero-order chi connectivity index (χ0) is 22.6. The van der Waals surface area contributed by atoms with E-state index in [-0.39, 0.29) is 29.1 Å². The van der Waals surface area contributed by atoms with Crippen LogP contribution in [0.15, 0.2) is 71.9 Å². The molecule has 164 valence electrons. The number of carbonyl (C=O) groups is 2. The number of sulfonamides is 1. The van der Waals surface area contributed by atoms with Crippen LogP contribution in [0, 0.1) is 0 Å². The summed E-state index contributed by atoms with van der Waals surface area (Å²) >= 11 is 0. The van der Waals surface area contributed by atoms with Gasteiger partial charge in [0.15, 0.2) is 0 Å². The number of hydrogen-bond acceptors (Lipinski definition) is 6. The van der Waals surface area contributed by atoms with Crippen molar-refractivity contribution in [2.45, 2.75) is 24.2 Å². The van der Waals surface area contributed by atoms with E-state index in [2.05, 4.69) is 20.0 Å². The highest BCUT2D eigenvalue weighted by Crippen LogP contribution is 2.22. The molecule has 2 N–H and O–H groups in total. The summed E-state index contributed by atoms with van der Waals surface area (Å²) in [5.74, 6) is -0.140. The lowest BCUT2D eigenvalue weighted by atomic mass is 10.1. The molecule has 2 aromatic carbocycles. The number of carbonyl (C=O) groups excluding carboxylic acids is 2. The zero-order valence-electron chi connectivity index (χ0n) is 17.1. The first-order valence-electron chi connectivity index (χ1n) is 10.00. The fourth-order valence-corrected chi connectivity index (χ4v) is 4.31. The molecule has 0 unspecified atom stereocenters. The molecule has 1 aliphatic heterocycles. The fraction of sp³-hybridized carbons (Fsp3) is 0.182. The molecular weight excluding hydrogens is 430 g/mol. The van der Waals surface area contributed by atoms with Crippen molar-refractivity contribution in [1.82, 2.24) is 9.97 Å². The molecule has 0 spiro atoms. The van der Waals surface area contributed by atoms with Crippen molar-refractivity contribution in [3.8, 4) is 0 Å². The van der Waals surface area contributed by atoms with Crippen LogP contribution in [-0.2, 0) is 26.0 Å². The van der Waals surface area contributed by atoms with Crippen LogP contribution < -0.4 is 14.9 Å². The zero-order valence-corrected chi connectivity index (χ0v) is 17.9. The number of amides is 2. The van der Waals surface area contributed by atoms with Gasteiger partial charge >= 0.3 is 0 Å². The lowest BCUT2D eigenvalue weighted by molar-refractivity contribution is -0.117. The maximum atomic E-state index is 12.4. The van der Waals surface area contributed by atoms with Crippen LogP contribution in [0.25, 0.3) is 0 Å². The average Bonchev–Trinajstić information content (AvgIpc) is 3.21. The van der Waals surface area contributed by atoms with Crippen LogP contribution in [0.5, 0.6) is 0 Å².